The highest BCUT2D eigenvalue weighted by Gasteiger charge is 2.28. The van der Waals surface area contributed by atoms with E-state index >= 15 is 0 Å². The summed E-state index contributed by atoms with van der Waals surface area (Å²) in [4.78, 5) is 17.2. The highest BCUT2D eigenvalue weighted by atomic mass is 16.2. The zero-order valence-electron chi connectivity index (χ0n) is 14.9. The van der Waals surface area contributed by atoms with Crippen molar-refractivity contribution in [1.82, 2.24) is 9.80 Å². The lowest BCUT2D eigenvalue weighted by Gasteiger charge is -2.35. The van der Waals surface area contributed by atoms with Gasteiger partial charge in [-0.15, -0.1) is 0 Å². The summed E-state index contributed by atoms with van der Waals surface area (Å²) in [6, 6.07) is 10.3. The predicted molar refractivity (Wildman–Crippen MR) is 98.6 cm³/mol. The van der Waals surface area contributed by atoms with Gasteiger partial charge in [0.15, 0.2) is 0 Å². The molecular formula is C21H30N2O. The van der Waals surface area contributed by atoms with Crippen LogP contribution in [0.15, 0.2) is 42.5 Å². The Labute approximate surface area is 146 Å². The molecule has 0 radical (unpaired) electrons. The second-order valence-electron chi connectivity index (χ2n) is 7.41. The number of nitrogens with zero attached hydrogens (tertiary/aromatic N) is 2. The standard InChI is InChI=1S/C21H30N2O/c1-22(16-18-8-4-2-5-9-18)21(24)20-12-14-23(15-13-20)17-19-10-6-3-7-11-19/h2-6,8-9,19-20H,7,10-17H2,1H3. The Morgan fingerprint density at radius 1 is 1.12 bits per heavy atom. The summed E-state index contributed by atoms with van der Waals surface area (Å²) in [7, 11) is 1.94. The highest BCUT2D eigenvalue weighted by Crippen LogP contribution is 2.24. The molecule has 1 saturated heterocycles. The maximum absolute atomic E-state index is 12.7. The summed E-state index contributed by atoms with van der Waals surface area (Å²) in [5, 5.41) is 0. The minimum atomic E-state index is 0.209. The van der Waals surface area contributed by atoms with Crippen LogP contribution in [0.2, 0.25) is 0 Å². The monoisotopic (exact) mass is 326 g/mol. The predicted octanol–water partition coefficient (Wildman–Crippen LogP) is 3.71. The Kier molecular flexibility index (Phi) is 6.08. The van der Waals surface area contributed by atoms with Gasteiger partial charge in [-0.1, -0.05) is 42.5 Å². The van der Waals surface area contributed by atoms with Gasteiger partial charge in [0.2, 0.25) is 5.91 Å². The van der Waals surface area contributed by atoms with Gasteiger partial charge in [-0.05, 0) is 56.7 Å². The molecule has 3 nitrogen and oxygen atoms in total. The van der Waals surface area contributed by atoms with Crippen LogP contribution in [-0.2, 0) is 11.3 Å². The first-order valence-electron chi connectivity index (χ1n) is 9.38. The molecule has 1 atom stereocenters. The molecule has 0 N–H and O–H groups in total. The molecule has 0 bridgehead atoms. The topological polar surface area (TPSA) is 23.6 Å². The normalized spacial score (nSPS) is 22.5. The molecule has 1 aromatic rings. The number of hydrogen-bond acceptors (Lipinski definition) is 2. The van der Waals surface area contributed by atoms with Crippen LogP contribution in [-0.4, -0.2) is 42.4 Å². The number of piperidine rings is 1. The van der Waals surface area contributed by atoms with Crippen LogP contribution in [0.3, 0.4) is 0 Å². The largest absolute Gasteiger partial charge is 0.341 e. The van der Waals surface area contributed by atoms with E-state index < -0.39 is 0 Å². The van der Waals surface area contributed by atoms with Crippen LogP contribution in [0, 0.1) is 11.8 Å². The zero-order chi connectivity index (χ0) is 16.8. The van der Waals surface area contributed by atoms with Crippen LogP contribution in [0.5, 0.6) is 0 Å². The molecule has 0 spiro atoms. The zero-order valence-corrected chi connectivity index (χ0v) is 14.9. The van der Waals surface area contributed by atoms with Crippen molar-refractivity contribution in [2.45, 2.75) is 38.6 Å². The van der Waals surface area contributed by atoms with Crippen molar-refractivity contribution < 1.29 is 4.79 Å². The van der Waals surface area contributed by atoms with Gasteiger partial charge in [0.1, 0.15) is 0 Å². The maximum Gasteiger partial charge on any atom is 0.225 e. The Balaban J connectivity index is 1.43. The van der Waals surface area contributed by atoms with E-state index in [2.05, 4.69) is 29.2 Å². The van der Waals surface area contributed by atoms with E-state index in [1.807, 2.05) is 30.1 Å². The lowest BCUT2D eigenvalue weighted by Crippen LogP contribution is -2.42. The number of hydrogen-bond donors (Lipinski definition) is 0. The number of benzene rings is 1. The summed E-state index contributed by atoms with van der Waals surface area (Å²) in [5.41, 5.74) is 1.20. The van der Waals surface area contributed by atoms with Crippen molar-refractivity contribution in [3.05, 3.63) is 48.0 Å². The quantitative estimate of drug-likeness (QED) is 0.770. The highest BCUT2D eigenvalue weighted by molar-refractivity contribution is 5.78. The second kappa shape index (κ2) is 8.48. The fourth-order valence-electron chi connectivity index (χ4n) is 4.00. The van der Waals surface area contributed by atoms with Crippen molar-refractivity contribution in [2.24, 2.45) is 11.8 Å². The van der Waals surface area contributed by atoms with E-state index in [1.54, 1.807) is 0 Å². The van der Waals surface area contributed by atoms with Crippen molar-refractivity contribution in [3.63, 3.8) is 0 Å². The van der Waals surface area contributed by atoms with E-state index in [4.69, 9.17) is 0 Å². The summed E-state index contributed by atoms with van der Waals surface area (Å²) >= 11 is 0. The van der Waals surface area contributed by atoms with Gasteiger partial charge in [0, 0.05) is 26.1 Å². The SMILES string of the molecule is CN(Cc1ccccc1)C(=O)C1CCN(CC2CC=CCC2)CC1. The fraction of sp³-hybridized carbons (Fsp3) is 0.571. The first kappa shape index (κ1) is 17.2. The van der Waals surface area contributed by atoms with Gasteiger partial charge in [0.25, 0.3) is 0 Å². The van der Waals surface area contributed by atoms with Gasteiger partial charge in [0.05, 0.1) is 0 Å². The molecule has 1 fully saturated rings. The molecule has 1 aromatic carbocycles. The third kappa shape index (κ3) is 4.70. The van der Waals surface area contributed by atoms with Crippen LogP contribution in [0.1, 0.15) is 37.7 Å². The number of allylic oxidation sites excluding steroid dienone is 2. The summed E-state index contributed by atoms with van der Waals surface area (Å²) in [5.74, 6) is 1.35. The van der Waals surface area contributed by atoms with Gasteiger partial charge in [-0.25, -0.2) is 0 Å². The first-order valence-corrected chi connectivity index (χ1v) is 9.38. The third-order valence-corrected chi connectivity index (χ3v) is 5.47. The molecule has 2 aliphatic rings. The lowest BCUT2D eigenvalue weighted by atomic mass is 9.91. The van der Waals surface area contributed by atoms with Gasteiger partial charge < -0.3 is 9.80 Å². The number of amides is 1. The molecule has 3 rings (SSSR count). The van der Waals surface area contributed by atoms with Crippen LogP contribution >= 0.6 is 0 Å². The molecular weight excluding hydrogens is 296 g/mol. The molecule has 1 aliphatic carbocycles. The number of carbonyl (C=O) groups excluding carboxylic acids is 1. The number of likely N-dealkylation sites (tertiary alicyclic amines) is 1. The van der Waals surface area contributed by atoms with Crippen molar-refractivity contribution >= 4 is 5.91 Å². The van der Waals surface area contributed by atoms with Crippen LogP contribution in [0.4, 0.5) is 0 Å². The fourth-order valence-corrected chi connectivity index (χ4v) is 4.00. The molecule has 3 heteroatoms. The van der Waals surface area contributed by atoms with E-state index in [1.165, 1.54) is 31.4 Å². The average molecular weight is 326 g/mol. The Morgan fingerprint density at radius 2 is 1.88 bits per heavy atom. The molecule has 0 saturated carbocycles. The minimum Gasteiger partial charge on any atom is -0.341 e. The second-order valence-corrected chi connectivity index (χ2v) is 7.41. The van der Waals surface area contributed by atoms with E-state index in [0.29, 0.717) is 12.5 Å². The molecule has 0 aromatic heterocycles. The molecule has 1 amide bonds. The van der Waals surface area contributed by atoms with E-state index in [9.17, 15) is 4.79 Å². The Bertz CT molecular complexity index is 546. The molecule has 24 heavy (non-hydrogen) atoms. The van der Waals surface area contributed by atoms with E-state index in [-0.39, 0.29) is 5.92 Å². The minimum absolute atomic E-state index is 0.209. The summed E-state index contributed by atoms with van der Waals surface area (Å²) in [6.07, 6.45) is 10.5. The number of rotatable bonds is 5. The van der Waals surface area contributed by atoms with Crippen LogP contribution in [0.25, 0.3) is 0 Å². The van der Waals surface area contributed by atoms with Crippen molar-refractivity contribution in [2.75, 3.05) is 26.7 Å². The first-order chi connectivity index (χ1) is 11.7. The maximum atomic E-state index is 12.7. The van der Waals surface area contributed by atoms with Crippen LogP contribution < -0.4 is 0 Å². The van der Waals surface area contributed by atoms with Gasteiger partial charge in [-0.2, -0.15) is 0 Å². The van der Waals surface area contributed by atoms with Crippen molar-refractivity contribution in [1.29, 1.82) is 0 Å². The van der Waals surface area contributed by atoms with Crippen molar-refractivity contribution in [3.8, 4) is 0 Å². The van der Waals surface area contributed by atoms with Gasteiger partial charge >= 0.3 is 0 Å². The Morgan fingerprint density at radius 3 is 2.54 bits per heavy atom. The third-order valence-electron chi connectivity index (χ3n) is 5.47. The summed E-state index contributed by atoms with van der Waals surface area (Å²) < 4.78 is 0. The lowest BCUT2D eigenvalue weighted by molar-refractivity contribution is -0.136. The molecule has 130 valence electrons. The molecule has 1 heterocycles. The van der Waals surface area contributed by atoms with E-state index in [0.717, 1.165) is 31.8 Å². The molecule has 1 unspecified atom stereocenters. The Hall–Kier alpha value is -1.61. The summed E-state index contributed by atoms with van der Waals surface area (Å²) in [6.45, 7) is 4.09. The van der Waals surface area contributed by atoms with Gasteiger partial charge in [-0.3, -0.25) is 4.79 Å². The average Bonchev–Trinajstić information content (AvgIpc) is 2.63. The number of carbonyl (C=O) groups is 1. The molecule has 1 aliphatic heterocycles. The smallest absolute Gasteiger partial charge is 0.225 e.